The summed E-state index contributed by atoms with van der Waals surface area (Å²) in [6.45, 7) is 1.80. The van der Waals surface area contributed by atoms with Crippen molar-refractivity contribution in [2.45, 2.75) is 20.0 Å². The van der Waals surface area contributed by atoms with Crippen LogP contribution in [0.3, 0.4) is 0 Å². The zero-order valence-electron chi connectivity index (χ0n) is 10.4. The lowest BCUT2D eigenvalue weighted by Crippen LogP contribution is -2.04. The Labute approximate surface area is 124 Å². The number of aromatic carboxylic acids is 1. The molecule has 0 spiro atoms. The van der Waals surface area contributed by atoms with Crippen molar-refractivity contribution in [2.75, 3.05) is 0 Å². The molecule has 0 aliphatic rings. The molecule has 8 heteroatoms. The maximum atomic E-state index is 11.1. The van der Waals surface area contributed by atoms with Gasteiger partial charge >= 0.3 is 5.97 Å². The standard InChI is InChI=1S/C12H10Cl2N2O4/c1-2-9-15-16-10(20-9)5-19-11-7(12(17)18)3-6(13)4-8(11)14/h3-4H,2,5H2,1H3,(H,17,18). The van der Waals surface area contributed by atoms with Crippen LogP contribution < -0.4 is 4.74 Å². The Balaban J connectivity index is 2.22. The second-order valence-electron chi connectivity index (χ2n) is 3.80. The van der Waals surface area contributed by atoms with E-state index in [-0.39, 0.29) is 33.9 Å². The van der Waals surface area contributed by atoms with Gasteiger partial charge in [0.1, 0.15) is 5.56 Å². The van der Waals surface area contributed by atoms with Crippen LogP contribution in [0.2, 0.25) is 10.0 Å². The van der Waals surface area contributed by atoms with Crippen molar-refractivity contribution in [1.82, 2.24) is 10.2 Å². The number of nitrogens with zero attached hydrogens (tertiary/aromatic N) is 2. The summed E-state index contributed by atoms with van der Waals surface area (Å²) in [5.41, 5.74) is -0.127. The van der Waals surface area contributed by atoms with Crippen LogP contribution in [0.1, 0.15) is 29.1 Å². The molecule has 1 aromatic heterocycles. The second-order valence-corrected chi connectivity index (χ2v) is 4.64. The number of halogens is 2. The van der Waals surface area contributed by atoms with Gasteiger partial charge in [-0.1, -0.05) is 30.1 Å². The van der Waals surface area contributed by atoms with E-state index in [1.807, 2.05) is 6.92 Å². The van der Waals surface area contributed by atoms with E-state index in [4.69, 9.17) is 37.5 Å². The molecule has 2 rings (SSSR count). The van der Waals surface area contributed by atoms with Crippen LogP contribution in [0.15, 0.2) is 16.5 Å². The van der Waals surface area contributed by atoms with E-state index in [9.17, 15) is 4.79 Å². The van der Waals surface area contributed by atoms with E-state index in [0.717, 1.165) is 0 Å². The molecule has 0 amide bonds. The van der Waals surface area contributed by atoms with Crippen LogP contribution in [0.4, 0.5) is 0 Å². The zero-order chi connectivity index (χ0) is 14.7. The Hall–Kier alpha value is -1.79. The summed E-state index contributed by atoms with van der Waals surface area (Å²) in [6, 6.07) is 2.66. The number of aromatic nitrogens is 2. The van der Waals surface area contributed by atoms with Gasteiger partial charge in [0.15, 0.2) is 12.4 Å². The highest BCUT2D eigenvalue weighted by molar-refractivity contribution is 6.36. The number of benzene rings is 1. The molecule has 0 fully saturated rings. The van der Waals surface area contributed by atoms with E-state index in [0.29, 0.717) is 12.3 Å². The number of carboxylic acid groups (broad SMARTS) is 1. The van der Waals surface area contributed by atoms with Gasteiger partial charge in [-0.3, -0.25) is 0 Å². The molecule has 0 atom stereocenters. The van der Waals surface area contributed by atoms with Crippen LogP contribution in [-0.4, -0.2) is 21.3 Å². The highest BCUT2D eigenvalue weighted by Crippen LogP contribution is 2.33. The van der Waals surface area contributed by atoms with Crippen molar-refractivity contribution in [3.63, 3.8) is 0 Å². The summed E-state index contributed by atoms with van der Waals surface area (Å²) in [5, 5.41) is 17.0. The Morgan fingerprint density at radius 2 is 2.05 bits per heavy atom. The monoisotopic (exact) mass is 316 g/mol. The molecule has 1 heterocycles. The third-order valence-corrected chi connectivity index (χ3v) is 2.89. The van der Waals surface area contributed by atoms with Gasteiger partial charge in [-0.2, -0.15) is 0 Å². The lowest BCUT2D eigenvalue weighted by molar-refractivity contribution is 0.0691. The summed E-state index contributed by atoms with van der Waals surface area (Å²) < 4.78 is 10.6. The normalized spacial score (nSPS) is 10.6. The van der Waals surface area contributed by atoms with Crippen molar-refractivity contribution < 1.29 is 19.1 Å². The van der Waals surface area contributed by atoms with Crippen LogP contribution in [0, 0.1) is 0 Å². The fourth-order valence-corrected chi connectivity index (χ4v) is 2.04. The van der Waals surface area contributed by atoms with Gasteiger partial charge in [0, 0.05) is 11.4 Å². The lowest BCUT2D eigenvalue weighted by atomic mass is 10.2. The number of carboxylic acids is 1. The maximum absolute atomic E-state index is 11.1. The third-order valence-electron chi connectivity index (χ3n) is 2.39. The van der Waals surface area contributed by atoms with Crippen molar-refractivity contribution in [1.29, 1.82) is 0 Å². The first kappa shape index (κ1) is 14.6. The Morgan fingerprint density at radius 3 is 2.65 bits per heavy atom. The quantitative estimate of drug-likeness (QED) is 0.911. The topological polar surface area (TPSA) is 85.5 Å². The smallest absolute Gasteiger partial charge is 0.339 e. The molecular weight excluding hydrogens is 307 g/mol. The minimum atomic E-state index is -1.19. The molecule has 2 aromatic rings. The van der Waals surface area contributed by atoms with Crippen LogP contribution in [-0.2, 0) is 13.0 Å². The summed E-state index contributed by atoms with van der Waals surface area (Å²) in [5.74, 6) is -0.461. The number of hydrogen-bond donors (Lipinski definition) is 1. The molecule has 0 saturated heterocycles. The largest absolute Gasteiger partial charge is 0.481 e. The number of rotatable bonds is 5. The summed E-state index contributed by atoms with van der Waals surface area (Å²) >= 11 is 11.7. The van der Waals surface area contributed by atoms with Crippen molar-refractivity contribution in [3.05, 3.63) is 39.5 Å². The van der Waals surface area contributed by atoms with E-state index in [1.165, 1.54) is 12.1 Å². The van der Waals surface area contributed by atoms with Crippen LogP contribution >= 0.6 is 23.2 Å². The van der Waals surface area contributed by atoms with Crippen molar-refractivity contribution >= 4 is 29.2 Å². The molecule has 0 aliphatic carbocycles. The molecular formula is C12H10Cl2N2O4. The fourth-order valence-electron chi connectivity index (χ4n) is 1.49. The number of aryl methyl sites for hydroxylation is 1. The third kappa shape index (κ3) is 3.20. The molecule has 20 heavy (non-hydrogen) atoms. The SMILES string of the molecule is CCc1nnc(COc2c(Cl)cc(Cl)cc2C(=O)O)o1. The first-order chi connectivity index (χ1) is 9.51. The number of ether oxygens (including phenoxy) is 1. The van der Waals surface area contributed by atoms with Gasteiger partial charge in [-0.05, 0) is 12.1 Å². The maximum Gasteiger partial charge on any atom is 0.339 e. The second kappa shape index (κ2) is 6.11. The minimum Gasteiger partial charge on any atom is -0.481 e. The summed E-state index contributed by atoms with van der Waals surface area (Å²) in [6.07, 6.45) is 0.606. The Bertz CT molecular complexity index is 642. The zero-order valence-corrected chi connectivity index (χ0v) is 11.9. The Morgan fingerprint density at radius 1 is 1.35 bits per heavy atom. The predicted molar refractivity (Wildman–Crippen MR) is 71.4 cm³/mol. The highest BCUT2D eigenvalue weighted by atomic mass is 35.5. The average molecular weight is 317 g/mol. The highest BCUT2D eigenvalue weighted by Gasteiger charge is 2.17. The van der Waals surface area contributed by atoms with Gasteiger partial charge in [-0.25, -0.2) is 4.79 Å². The molecule has 0 bridgehead atoms. The van der Waals surface area contributed by atoms with E-state index in [1.54, 1.807) is 0 Å². The van der Waals surface area contributed by atoms with E-state index >= 15 is 0 Å². The molecule has 1 N–H and O–H groups in total. The van der Waals surface area contributed by atoms with Crippen molar-refractivity contribution in [3.8, 4) is 5.75 Å². The van der Waals surface area contributed by atoms with E-state index < -0.39 is 5.97 Å². The predicted octanol–water partition coefficient (Wildman–Crippen LogP) is 3.22. The Kier molecular flexibility index (Phi) is 4.46. The van der Waals surface area contributed by atoms with Gasteiger partial charge in [-0.15, -0.1) is 10.2 Å². The number of carbonyl (C=O) groups is 1. The fraction of sp³-hybridized carbons (Fsp3) is 0.250. The lowest BCUT2D eigenvalue weighted by Gasteiger charge is -2.09. The molecule has 0 saturated carbocycles. The van der Waals surface area contributed by atoms with Crippen LogP contribution in [0.5, 0.6) is 5.75 Å². The molecule has 106 valence electrons. The first-order valence-corrected chi connectivity index (χ1v) is 6.43. The molecule has 1 aromatic carbocycles. The van der Waals surface area contributed by atoms with Gasteiger partial charge in [0.05, 0.1) is 5.02 Å². The van der Waals surface area contributed by atoms with Gasteiger partial charge < -0.3 is 14.3 Å². The minimum absolute atomic E-state index is 0.0137. The average Bonchev–Trinajstić information content (AvgIpc) is 2.84. The van der Waals surface area contributed by atoms with Gasteiger partial charge in [0.25, 0.3) is 5.89 Å². The summed E-state index contributed by atoms with van der Waals surface area (Å²) in [4.78, 5) is 11.1. The summed E-state index contributed by atoms with van der Waals surface area (Å²) in [7, 11) is 0. The van der Waals surface area contributed by atoms with Gasteiger partial charge in [0.2, 0.25) is 5.89 Å². The van der Waals surface area contributed by atoms with Crippen LogP contribution in [0.25, 0.3) is 0 Å². The number of hydrogen-bond acceptors (Lipinski definition) is 5. The molecule has 0 aliphatic heterocycles. The van der Waals surface area contributed by atoms with Crippen molar-refractivity contribution in [2.24, 2.45) is 0 Å². The molecule has 6 nitrogen and oxygen atoms in total. The molecule has 0 radical (unpaired) electrons. The van der Waals surface area contributed by atoms with E-state index in [2.05, 4.69) is 10.2 Å². The first-order valence-electron chi connectivity index (χ1n) is 5.67. The molecule has 0 unspecified atom stereocenters.